The molecular weight excluding hydrogens is 204 g/mol. The van der Waals surface area contributed by atoms with Crippen molar-refractivity contribution in [2.45, 2.75) is 33.1 Å². The SMILES string of the molecule is CC(C)(CO)CNCCC(=O)N1CCCC1. The minimum atomic E-state index is -0.101. The second-order valence-corrected chi connectivity index (χ2v) is 5.34. The Bertz CT molecular complexity index is 223. The van der Waals surface area contributed by atoms with Crippen molar-refractivity contribution in [3.05, 3.63) is 0 Å². The van der Waals surface area contributed by atoms with E-state index in [1.807, 2.05) is 18.7 Å². The van der Waals surface area contributed by atoms with Gasteiger partial charge in [0, 0.05) is 44.6 Å². The Morgan fingerprint density at radius 3 is 2.56 bits per heavy atom. The summed E-state index contributed by atoms with van der Waals surface area (Å²) < 4.78 is 0. The van der Waals surface area contributed by atoms with Gasteiger partial charge >= 0.3 is 0 Å². The van der Waals surface area contributed by atoms with Gasteiger partial charge in [-0.15, -0.1) is 0 Å². The van der Waals surface area contributed by atoms with Crippen LogP contribution in [0.2, 0.25) is 0 Å². The molecule has 1 amide bonds. The molecule has 16 heavy (non-hydrogen) atoms. The van der Waals surface area contributed by atoms with E-state index in [2.05, 4.69) is 5.32 Å². The summed E-state index contributed by atoms with van der Waals surface area (Å²) in [6.07, 6.45) is 2.87. The van der Waals surface area contributed by atoms with E-state index in [0.29, 0.717) is 13.0 Å². The first-order valence-electron chi connectivity index (χ1n) is 6.14. The summed E-state index contributed by atoms with van der Waals surface area (Å²) in [6.45, 7) is 7.49. The molecule has 0 spiro atoms. The molecule has 0 saturated carbocycles. The van der Waals surface area contributed by atoms with Crippen LogP contribution < -0.4 is 5.32 Å². The van der Waals surface area contributed by atoms with E-state index in [0.717, 1.165) is 32.5 Å². The molecule has 4 nitrogen and oxygen atoms in total. The first kappa shape index (κ1) is 13.5. The minimum Gasteiger partial charge on any atom is -0.396 e. The highest BCUT2D eigenvalue weighted by Gasteiger charge is 2.18. The molecule has 0 unspecified atom stereocenters. The zero-order valence-corrected chi connectivity index (χ0v) is 10.5. The van der Waals surface area contributed by atoms with Gasteiger partial charge < -0.3 is 15.3 Å². The second kappa shape index (κ2) is 6.21. The Hall–Kier alpha value is -0.610. The van der Waals surface area contributed by atoms with Crippen LogP contribution >= 0.6 is 0 Å². The normalized spacial score (nSPS) is 16.8. The van der Waals surface area contributed by atoms with E-state index in [-0.39, 0.29) is 17.9 Å². The Morgan fingerprint density at radius 1 is 1.38 bits per heavy atom. The molecule has 0 aromatic heterocycles. The Morgan fingerprint density at radius 2 is 2.00 bits per heavy atom. The zero-order chi connectivity index (χ0) is 12.0. The number of carbonyl (C=O) groups excluding carboxylic acids is 1. The smallest absolute Gasteiger partial charge is 0.223 e. The van der Waals surface area contributed by atoms with Crippen molar-refractivity contribution in [3.63, 3.8) is 0 Å². The van der Waals surface area contributed by atoms with Crippen molar-refractivity contribution >= 4 is 5.91 Å². The Kier molecular flexibility index (Phi) is 5.22. The predicted octanol–water partition coefficient (Wildman–Crippen LogP) is 0.607. The molecule has 0 aromatic carbocycles. The molecule has 4 heteroatoms. The van der Waals surface area contributed by atoms with Crippen molar-refractivity contribution < 1.29 is 9.90 Å². The molecule has 1 rings (SSSR count). The van der Waals surface area contributed by atoms with Crippen molar-refractivity contribution in [1.29, 1.82) is 0 Å². The van der Waals surface area contributed by atoms with Crippen LogP contribution in [0.5, 0.6) is 0 Å². The Balaban J connectivity index is 2.08. The third-order valence-corrected chi connectivity index (χ3v) is 3.01. The van der Waals surface area contributed by atoms with Gasteiger partial charge in [-0.3, -0.25) is 4.79 Å². The van der Waals surface area contributed by atoms with E-state index >= 15 is 0 Å². The van der Waals surface area contributed by atoms with Crippen LogP contribution in [-0.4, -0.2) is 48.7 Å². The highest BCUT2D eigenvalue weighted by molar-refractivity contribution is 5.76. The molecule has 1 fully saturated rings. The van der Waals surface area contributed by atoms with Crippen LogP contribution in [0, 0.1) is 5.41 Å². The summed E-state index contributed by atoms with van der Waals surface area (Å²) >= 11 is 0. The molecular formula is C12H24N2O2. The number of carbonyl (C=O) groups is 1. The molecule has 1 aliphatic rings. The predicted molar refractivity (Wildman–Crippen MR) is 64.2 cm³/mol. The number of nitrogens with zero attached hydrogens (tertiary/aromatic N) is 1. The van der Waals surface area contributed by atoms with Crippen molar-refractivity contribution in [2.24, 2.45) is 5.41 Å². The highest BCUT2D eigenvalue weighted by atomic mass is 16.3. The summed E-state index contributed by atoms with van der Waals surface area (Å²) in [4.78, 5) is 13.6. The monoisotopic (exact) mass is 228 g/mol. The summed E-state index contributed by atoms with van der Waals surface area (Å²) in [7, 11) is 0. The van der Waals surface area contributed by atoms with Crippen LogP contribution in [0.4, 0.5) is 0 Å². The number of nitrogens with one attached hydrogen (secondary N) is 1. The van der Waals surface area contributed by atoms with Gasteiger partial charge in [0.1, 0.15) is 0 Å². The van der Waals surface area contributed by atoms with Gasteiger partial charge in [-0.25, -0.2) is 0 Å². The van der Waals surface area contributed by atoms with Gasteiger partial charge in [0.05, 0.1) is 0 Å². The Labute approximate surface area is 98.0 Å². The van der Waals surface area contributed by atoms with Gasteiger partial charge in [-0.1, -0.05) is 13.8 Å². The van der Waals surface area contributed by atoms with Crippen LogP contribution in [0.25, 0.3) is 0 Å². The average molecular weight is 228 g/mol. The first-order valence-corrected chi connectivity index (χ1v) is 6.14. The van der Waals surface area contributed by atoms with Crippen molar-refractivity contribution in [1.82, 2.24) is 10.2 Å². The van der Waals surface area contributed by atoms with Gasteiger partial charge in [-0.2, -0.15) is 0 Å². The maximum Gasteiger partial charge on any atom is 0.223 e. The van der Waals surface area contributed by atoms with Gasteiger partial charge in [0.15, 0.2) is 0 Å². The first-order chi connectivity index (χ1) is 7.55. The summed E-state index contributed by atoms with van der Waals surface area (Å²) in [5.41, 5.74) is -0.101. The standard InChI is InChI=1S/C12H24N2O2/c1-12(2,10-15)9-13-6-5-11(16)14-7-3-4-8-14/h13,15H,3-10H2,1-2H3. The van der Waals surface area contributed by atoms with E-state index in [1.165, 1.54) is 0 Å². The number of hydrogen-bond donors (Lipinski definition) is 2. The molecule has 1 saturated heterocycles. The van der Waals surface area contributed by atoms with E-state index in [4.69, 9.17) is 5.11 Å². The zero-order valence-electron chi connectivity index (χ0n) is 10.5. The molecule has 94 valence electrons. The molecule has 0 bridgehead atoms. The van der Waals surface area contributed by atoms with E-state index in [1.54, 1.807) is 0 Å². The van der Waals surface area contributed by atoms with Crippen LogP contribution in [-0.2, 0) is 4.79 Å². The number of hydrogen-bond acceptors (Lipinski definition) is 3. The van der Waals surface area contributed by atoms with Crippen molar-refractivity contribution in [3.8, 4) is 0 Å². The van der Waals surface area contributed by atoms with Gasteiger partial charge in [-0.05, 0) is 12.8 Å². The largest absolute Gasteiger partial charge is 0.396 e. The fourth-order valence-corrected chi connectivity index (χ4v) is 1.80. The molecule has 0 aliphatic carbocycles. The second-order valence-electron chi connectivity index (χ2n) is 5.34. The van der Waals surface area contributed by atoms with Crippen LogP contribution in [0.3, 0.4) is 0 Å². The highest BCUT2D eigenvalue weighted by Crippen LogP contribution is 2.11. The summed E-state index contributed by atoms with van der Waals surface area (Å²) in [5, 5.41) is 12.3. The average Bonchev–Trinajstić information content (AvgIpc) is 2.77. The quantitative estimate of drug-likeness (QED) is 0.655. The fraction of sp³-hybridized carbons (Fsp3) is 0.917. The molecule has 1 aliphatic heterocycles. The lowest BCUT2D eigenvalue weighted by Gasteiger charge is -2.22. The number of likely N-dealkylation sites (tertiary alicyclic amines) is 1. The topological polar surface area (TPSA) is 52.6 Å². The van der Waals surface area contributed by atoms with Crippen molar-refractivity contribution in [2.75, 3.05) is 32.8 Å². The maximum atomic E-state index is 11.7. The minimum absolute atomic E-state index is 0.101. The van der Waals surface area contributed by atoms with Crippen LogP contribution in [0.15, 0.2) is 0 Å². The third kappa shape index (κ3) is 4.49. The number of amides is 1. The van der Waals surface area contributed by atoms with E-state index < -0.39 is 0 Å². The van der Waals surface area contributed by atoms with E-state index in [9.17, 15) is 4.79 Å². The molecule has 0 radical (unpaired) electrons. The molecule has 2 N–H and O–H groups in total. The maximum absolute atomic E-state index is 11.7. The lowest BCUT2D eigenvalue weighted by Crippen LogP contribution is -2.35. The van der Waals surface area contributed by atoms with Gasteiger partial charge in [0.2, 0.25) is 5.91 Å². The molecule has 0 aromatic rings. The lowest BCUT2D eigenvalue weighted by atomic mass is 9.95. The lowest BCUT2D eigenvalue weighted by molar-refractivity contribution is -0.130. The number of aliphatic hydroxyl groups is 1. The summed E-state index contributed by atoms with van der Waals surface area (Å²) in [6, 6.07) is 0. The third-order valence-electron chi connectivity index (χ3n) is 3.01. The molecule has 1 heterocycles. The molecule has 0 atom stereocenters. The fourth-order valence-electron chi connectivity index (χ4n) is 1.80. The number of rotatable bonds is 6. The summed E-state index contributed by atoms with van der Waals surface area (Å²) in [5.74, 6) is 0.256. The van der Waals surface area contributed by atoms with Crippen LogP contribution in [0.1, 0.15) is 33.1 Å². The van der Waals surface area contributed by atoms with Gasteiger partial charge in [0.25, 0.3) is 0 Å². The number of aliphatic hydroxyl groups excluding tert-OH is 1.